The molecule has 1 saturated heterocycles. The number of aryl methyl sites for hydroxylation is 1. The van der Waals surface area contributed by atoms with Crippen molar-refractivity contribution >= 4 is 16.7 Å². The van der Waals surface area contributed by atoms with Gasteiger partial charge < -0.3 is 10.2 Å². The van der Waals surface area contributed by atoms with Crippen molar-refractivity contribution in [2.45, 2.75) is 45.1 Å². The third-order valence-electron chi connectivity index (χ3n) is 5.87. The maximum atomic E-state index is 14.6. The Morgan fingerprint density at radius 1 is 1.19 bits per heavy atom. The van der Waals surface area contributed by atoms with Crippen LogP contribution in [-0.2, 0) is 0 Å². The molecule has 0 bridgehead atoms. The van der Waals surface area contributed by atoms with Gasteiger partial charge in [0.25, 0.3) is 6.43 Å². The molecule has 164 valence electrons. The summed E-state index contributed by atoms with van der Waals surface area (Å²) in [7, 11) is 2.11. The molecular formula is C23H26F3N5. The van der Waals surface area contributed by atoms with Crippen LogP contribution in [0.5, 0.6) is 0 Å². The van der Waals surface area contributed by atoms with E-state index in [1.54, 1.807) is 20.0 Å². The maximum Gasteiger partial charge on any atom is 0.266 e. The predicted octanol–water partition coefficient (Wildman–Crippen LogP) is 5.39. The number of fused-ring (bicyclic) bond motifs is 1. The van der Waals surface area contributed by atoms with Gasteiger partial charge in [0.1, 0.15) is 17.5 Å². The van der Waals surface area contributed by atoms with Gasteiger partial charge in [-0.3, -0.25) is 4.98 Å². The van der Waals surface area contributed by atoms with Gasteiger partial charge in [0.05, 0.1) is 23.3 Å². The summed E-state index contributed by atoms with van der Waals surface area (Å²) in [5, 5.41) is 4.01. The quantitative estimate of drug-likeness (QED) is 0.589. The predicted molar refractivity (Wildman–Crippen MR) is 115 cm³/mol. The fraction of sp³-hybridized carbons (Fsp3) is 0.435. The number of piperidine rings is 1. The number of anilines is 1. The Morgan fingerprint density at radius 2 is 1.97 bits per heavy atom. The smallest absolute Gasteiger partial charge is 0.266 e. The molecule has 4 rings (SSSR count). The van der Waals surface area contributed by atoms with Crippen LogP contribution in [0, 0.1) is 12.7 Å². The number of pyridine rings is 1. The second-order valence-electron chi connectivity index (χ2n) is 8.26. The number of nitrogens with one attached hydrogen (secondary N) is 1. The summed E-state index contributed by atoms with van der Waals surface area (Å²) in [6.07, 6.45) is 1.08. The van der Waals surface area contributed by atoms with E-state index in [0.29, 0.717) is 23.1 Å². The van der Waals surface area contributed by atoms with E-state index >= 15 is 0 Å². The van der Waals surface area contributed by atoms with Crippen molar-refractivity contribution in [2.75, 3.05) is 25.5 Å². The topological polar surface area (TPSA) is 53.9 Å². The molecule has 1 aliphatic heterocycles. The third-order valence-corrected chi connectivity index (χ3v) is 5.87. The van der Waals surface area contributed by atoms with Gasteiger partial charge >= 0.3 is 0 Å². The normalized spacial score (nSPS) is 18.5. The van der Waals surface area contributed by atoms with E-state index in [0.717, 1.165) is 43.1 Å². The number of aromatic nitrogens is 3. The van der Waals surface area contributed by atoms with E-state index in [-0.39, 0.29) is 5.56 Å². The Morgan fingerprint density at radius 3 is 2.71 bits per heavy atom. The van der Waals surface area contributed by atoms with E-state index < -0.39 is 23.8 Å². The number of hydrogen-bond acceptors (Lipinski definition) is 5. The Kier molecular flexibility index (Phi) is 6.09. The third kappa shape index (κ3) is 4.49. The van der Waals surface area contributed by atoms with Crippen LogP contribution in [-0.4, -0.2) is 40.0 Å². The SMILES string of the molecule is Cc1nc(N[C@H](C)c2cccc(C(F)F)c2F)c2cc([C@@H]3CCCN(C)C3)ncc2n1. The van der Waals surface area contributed by atoms with E-state index in [2.05, 4.69) is 32.2 Å². The van der Waals surface area contributed by atoms with Gasteiger partial charge in [-0.25, -0.2) is 23.1 Å². The van der Waals surface area contributed by atoms with Crippen LogP contribution in [0.4, 0.5) is 19.0 Å². The largest absolute Gasteiger partial charge is 0.363 e. The first-order chi connectivity index (χ1) is 14.8. The second kappa shape index (κ2) is 8.78. The highest BCUT2D eigenvalue weighted by Gasteiger charge is 2.23. The molecule has 0 radical (unpaired) electrons. The zero-order valence-electron chi connectivity index (χ0n) is 17.9. The Bertz CT molecular complexity index is 1090. The molecule has 1 N–H and O–H groups in total. The van der Waals surface area contributed by atoms with E-state index in [1.165, 1.54) is 12.1 Å². The fourth-order valence-electron chi connectivity index (χ4n) is 4.26. The number of nitrogens with zero attached hydrogens (tertiary/aromatic N) is 4. The zero-order chi connectivity index (χ0) is 22.1. The van der Waals surface area contributed by atoms with E-state index in [9.17, 15) is 13.2 Å². The van der Waals surface area contributed by atoms with Gasteiger partial charge in [0, 0.05) is 29.1 Å². The average molecular weight is 429 g/mol. The molecule has 3 heterocycles. The number of likely N-dealkylation sites (N-methyl/N-ethyl adjacent to an activating group) is 1. The van der Waals surface area contributed by atoms with Crippen LogP contribution in [0.2, 0.25) is 0 Å². The van der Waals surface area contributed by atoms with Crippen LogP contribution in [0.25, 0.3) is 10.9 Å². The average Bonchev–Trinajstić information content (AvgIpc) is 2.73. The molecule has 0 saturated carbocycles. The summed E-state index contributed by atoms with van der Waals surface area (Å²) >= 11 is 0. The first-order valence-electron chi connectivity index (χ1n) is 10.5. The number of hydrogen-bond donors (Lipinski definition) is 1. The van der Waals surface area contributed by atoms with Crippen molar-refractivity contribution in [2.24, 2.45) is 0 Å². The lowest BCUT2D eigenvalue weighted by atomic mass is 9.94. The van der Waals surface area contributed by atoms with Crippen molar-refractivity contribution < 1.29 is 13.2 Å². The van der Waals surface area contributed by atoms with Crippen molar-refractivity contribution in [3.05, 3.63) is 58.9 Å². The highest BCUT2D eigenvalue weighted by molar-refractivity contribution is 5.89. The van der Waals surface area contributed by atoms with Crippen LogP contribution in [0.3, 0.4) is 0 Å². The standard InChI is InChI=1S/C23H26F3N5/c1-13(16-7-4-8-17(21(16)24)22(25)26)28-23-18-10-19(15-6-5-9-31(3)12-15)27-11-20(18)29-14(2)30-23/h4,7-8,10-11,13,15,22H,5-6,9,12H2,1-3H3,(H,28,29,30)/t13-,15-/m1/s1. The van der Waals surface area contributed by atoms with Gasteiger partial charge in [0.2, 0.25) is 0 Å². The molecule has 0 spiro atoms. The number of benzene rings is 1. The molecule has 3 aromatic rings. The summed E-state index contributed by atoms with van der Waals surface area (Å²) in [5.74, 6) is 0.538. The number of alkyl halides is 2. The molecule has 5 nitrogen and oxygen atoms in total. The highest BCUT2D eigenvalue weighted by atomic mass is 19.3. The van der Waals surface area contributed by atoms with Crippen LogP contribution in [0.1, 0.15) is 60.8 Å². The molecule has 0 amide bonds. The molecule has 2 atom stereocenters. The Hall–Kier alpha value is -2.74. The van der Waals surface area contributed by atoms with Gasteiger partial charge in [-0.1, -0.05) is 18.2 Å². The minimum atomic E-state index is -2.86. The zero-order valence-corrected chi connectivity index (χ0v) is 17.9. The fourth-order valence-corrected chi connectivity index (χ4v) is 4.26. The van der Waals surface area contributed by atoms with Gasteiger partial charge in [0.15, 0.2) is 0 Å². The first-order valence-corrected chi connectivity index (χ1v) is 10.5. The van der Waals surface area contributed by atoms with Crippen LogP contribution < -0.4 is 5.32 Å². The maximum absolute atomic E-state index is 14.6. The summed E-state index contributed by atoms with van der Waals surface area (Å²) in [6, 6.07) is 5.51. The first kappa shape index (κ1) is 21.5. The Balaban J connectivity index is 1.70. The van der Waals surface area contributed by atoms with Crippen molar-refractivity contribution in [1.29, 1.82) is 0 Å². The summed E-state index contributed by atoms with van der Waals surface area (Å²) in [5.41, 5.74) is 1.25. The highest BCUT2D eigenvalue weighted by Crippen LogP contribution is 2.32. The summed E-state index contributed by atoms with van der Waals surface area (Å²) in [6.45, 7) is 5.53. The van der Waals surface area contributed by atoms with E-state index in [1.807, 2.05) is 6.07 Å². The number of likely N-dealkylation sites (tertiary alicyclic amines) is 1. The lowest BCUT2D eigenvalue weighted by Gasteiger charge is -2.29. The molecule has 1 fully saturated rings. The van der Waals surface area contributed by atoms with Crippen LogP contribution >= 0.6 is 0 Å². The van der Waals surface area contributed by atoms with Gasteiger partial charge in [-0.2, -0.15) is 0 Å². The van der Waals surface area contributed by atoms with Crippen molar-refractivity contribution in [1.82, 2.24) is 19.9 Å². The summed E-state index contributed by atoms with van der Waals surface area (Å²) in [4.78, 5) is 15.9. The minimum Gasteiger partial charge on any atom is -0.363 e. The molecule has 1 aliphatic rings. The monoisotopic (exact) mass is 429 g/mol. The lowest BCUT2D eigenvalue weighted by Crippen LogP contribution is -2.31. The molecule has 8 heteroatoms. The molecular weight excluding hydrogens is 403 g/mol. The number of rotatable bonds is 5. The van der Waals surface area contributed by atoms with Crippen molar-refractivity contribution in [3.63, 3.8) is 0 Å². The van der Waals surface area contributed by atoms with Gasteiger partial charge in [-0.05, 0) is 46.3 Å². The molecule has 1 aromatic carbocycles. The Labute approximate surface area is 179 Å². The summed E-state index contributed by atoms with van der Waals surface area (Å²) < 4.78 is 40.9. The van der Waals surface area contributed by atoms with Crippen LogP contribution in [0.15, 0.2) is 30.5 Å². The minimum absolute atomic E-state index is 0.172. The molecule has 0 aliphatic carbocycles. The lowest BCUT2D eigenvalue weighted by molar-refractivity contribution is 0.146. The van der Waals surface area contributed by atoms with Crippen molar-refractivity contribution in [3.8, 4) is 0 Å². The second-order valence-corrected chi connectivity index (χ2v) is 8.26. The molecule has 0 unspecified atom stereocenters. The molecule has 2 aromatic heterocycles. The molecule has 31 heavy (non-hydrogen) atoms. The van der Waals surface area contributed by atoms with E-state index in [4.69, 9.17) is 0 Å². The van der Waals surface area contributed by atoms with Gasteiger partial charge in [-0.15, -0.1) is 0 Å². The number of halogens is 3.